The van der Waals surface area contributed by atoms with Gasteiger partial charge in [-0.05, 0) is 18.2 Å². The number of nitrogens with zero attached hydrogens (tertiary/aromatic N) is 3. The van der Waals surface area contributed by atoms with Gasteiger partial charge in [-0.15, -0.1) is 22.8 Å². The molecule has 7 heteroatoms. The van der Waals surface area contributed by atoms with Crippen LogP contribution in [0.2, 0.25) is 0 Å². The second-order valence-electron chi connectivity index (χ2n) is 3.70. The Morgan fingerprint density at radius 1 is 1.56 bits per heavy atom. The van der Waals surface area contributed by atoms with E-state index in [1.807, 2.05) is 0 Å². The van der Waals surface area contributed by atoms with Crippen molar-refractivity contribution in [3.05, 3.63) is 41.7 Å². The number of aryl methyl sites for hydroxylation is 1. The molecule has 2 rings (SSSR count). The van der Waals surface area contributed by atoms with E-state index in [1.165, 1.54) is 24.5 Å². The topological polar surface area (TPSA) is 59.8 Å². The third-order valence-corrected chi connectivity index (χ3v) is 2.68. The highest BCUT2D eigenvalue weighted by Crippen LogP contribution is 2.13. The maximum Gasteiger partial charge on any atom is 0.254 e. The van der Waals surface area contributed by atoms with Gasteiger partial charge in [0.2, 0.25) is 0 Å². The van der Waals surface area contributed by atoms with E-state index in [0.717, 1.165) is 0 Å². The standard InChI is InChI=1S/C11H11FN4OS/c1-16-6-14-15-10(16)5-13-11(17)8-4-7(18)2-3-9(8)12/h2-4,6,18H,5H2,1H3,(H,13,17). The fourth-order valence-electron chi connectivity index (χ4n) is 1.41. The number of hydrogen-bond acceptors (Lipinski definition) is 4. The number of rotatable bonds is 3. The predicted octanol–water partition coefficient (Wildman–Crippen LogP) is 1.17. The molecule has 0 saturated heterocycles. The molecule has 2 aromatic rings. The van der Waals surface area contributed by atoms with Crippen LogP contribution in [-0.2, 0) is 13.6 Å². The first kappa shape index (κ1) is 12.6. The second-order valence-corrected chi connectivity index (χ2v) is 4.22. The molecule has 0 aliphatic rings. The summed E-state index contributed by atoms with van der Waals surface area (Å²) in [6, 6.07) is 4.07. The van der Waals surface area contributed by atoms with Crippen LogP contribution >= 0.6 is 12.6 Å². The van der Waals surface area contributed by atoms with Crippen LogP contribution < -0.4 is 5.32 Å². The number of thiol groups is 1. The van der Waals surface area contributed by atoms with Gasteiger partial charge in [-0.1, -0.05) is 0 Å². The van der Waals surface area contributed by atoms with Gasteiger partial charge in [-0.2, -0.15) is 0 Å². The summed E-state index contributed by atoms with van der Waals surface area (Å²) in [5.41, 5.74) is -0.0373. The quantitative estimate of drug-likeness (QED) is 0.820. The van der Waals surface area contributed by atoms with Gasteiger partial charge in [0.05, 0.1) is 12.1 Å². The van der Waals surface area contributed by atoms with E-state index in [4.69, 9.17) is 0 Å². The molecule has 0 aliphatic carbocycles. The number of carbonyl (C=O) groups is 1. The minimum absolute atomic E-state index is 0.0373. The van der Waals surface area contributed by atoms with E-state index in [-0.39, 0.29) is 12.1 Å². The van der Waals surface area contributed by atoms with Crippen LogP contribution in [0.25, 0.3) is 0 Å². The lowest BCUT2D eigenvalue weighted by Crippen LogP contribution is -2.25. The van der Waals surface area contributed by atoms with Crippen LogP contribution in [0.15, 0.2) is 29.4 Å². The van der Waals surface area contributed by atoms with Crippen LogP contribution in [0.3, 0.4) is 0 Å². The second kappa shape index (κ2) is 5.18. The lowest BCUT2D eigenvalue weighted by Gasteiger charge is -2.06. The number of benzene rings is 1. The van der Waals surface area contributed by atoms with E-state index in [1.54, 1.807) is 11.6 Å². The summed E-state index contributed by atoms with van der Waals surface area (Å²) in [5, 5.41) is 10.1. The van der Waals surface area contributed by atoms with Crippen molar-refractivity contribution in [2.45, 2.75) is 11.4 Å². The molecule has 1 aromatic heterocycles. The molecule has 1 heterocycles. The number of nitrogens with one attached hydrogen (secondary N) is 1. The van der Waals surface area contributed by atoms with E-state index < -0.39 is 11.7 Å². The van der Waals surface area contributed by atoms with E-state index in [9.17, 15) is 9.18 Å². The van der Waals surface area contributed by atoms with Crippen molar-refractivity contribution >= 4 is 18.5 Å². The van der Waals surface area contributed by atoms with Gasteiger partial charge in [0.15, 0.2) is 5.82 Å². The summed E-state index contributed by atoms with van der Waals surface area (Å²) in [5.74, 6) is -0.500. The highest BCUT2D eigenvalue weighted by Gasteiger charge is 2.12. The Bertz CT molecular complexity index is 584. The normalized spacial score (nSPS) is 10.4. The van der Waals surface area contributed by atoms with Crippen molar-refractivity contribution in [2.75, 3.05) is 0 Å². The molecule has 94 valence electrons. The van der Waals surface area contributed by atoms with E-state index in [2.05, 4.69) is 28.1 Å². The molecule has 0 saturated carbocycles. The SMILES string of the molecule is Cn1cnnc1CNC(=O)c1cc(S)ccc1F. The Morgan fingerprint density at radius 3 is 3.00 bits per heavy atom. The molecule has 0 aliphatic heterocycles. The fraction of sp³-hybridized carbons (Fsp3) is 0.182. The first-order valence-electron chi connectivity index (χ1n) is 5.17. The molecule has 1 N–H and O–H groups in total. The number of amides is 1. The van der Waals surface area contributed by atoms with Crippen LogP contribution in [0.5, 0.6) is 0 Å². The third-order valence-electron chi connectivity index (χ3n) is 2.41. The van der Waals surface area contributed by atoms with Crippen LogP contribution in [0, 0.1) is 5.82 Å². The molecule has 0 fully saturated rings. The molecule has 1 aromatic carbocycles. The van der Waals surface area contributed by atoms with Gasteiger partial charge >= 0.3 is 0 Å². The summed E-state index contributed by atoms with van der Waals surface area (Å²) in [6.07, 6.45) is 1.52. The minimum Gasteiger partial charge on any atom is -0.345 e. The molecule has 18 heavy (non-hydrogen) atoms. The molecule has 0 spiro atoms. The predicted molar refractivity (Wildman–Crippen MR) is 65.8 cm³/mol. The summed E-state index contributed by atoms with van der Waals surface area (Å²) in [7, 11) is 1.76. The first-order valence-corrected chi connectivity index (χ1v) is 5.62. The van der Waals surface area contributed by atoms with Crippen LogP contribution in [0.1, 0.15) is 16.2 Å². The average Bonchev–Trinajstić information content (AvgIpc) is 2.75. The third kappa shape index (κ3) is 2.67. The zero-order valence-electron chi connectivity index (χ0n) is 9.59. The monoisotopic (exact) mass is 266 g/mol. The molecule has 0 bridgehead atoms. The van der Waals surface area contributed by atoms with Crippen molar-refractivity contribution in [1.82, 2.24) is 20.1 Å². The van der Waals surface area contributed by atoms with Gasteiger partial charge in [-0.3, -0.25) is 4.79 Å². The molecular formula is C11H11FN4OS. The maximum absolute atomic E-state index is 13.4. The van der Waals surface area contributed by atoms with Crippen LogP contribution in [0.4, 0.5) is 4.39 Å². The van der Waals surface area contributed by atoms with Gasteiger partial charge in [0, 0.05) is 11.9 Å². The molecule has 0 atom stereocenters. The lowest BCUT2D eigenvalue weighted by molar-refractivity contribution is 0.0945. The zero-order chi connectivity index (χ0) is 13.1. The number of aromatic nitrogens is 3. The molecular weight excluding hydrogens is 255 g/mol. The Kier molecular flexibility index (Phi) is 3.61. The Morgan fingerprint density at radius 2 is 2.33 bits per heavy atom. The molecule has 0 unspecified atom stereocenters. The van der Waals surface area contributed by atoms with E-state index in [0.29, 0.717) is 10.7 Å². The smallest absolute Gasteiger partial charge is 0.254 e. The Hall–Kier alpha value is -1.89. The zero-order valence-corrected chi connectivity index (χ0v) is 10.5. The van der Waals surface area contributed by atoms with Crippen LogP contribution in [-0.4, -0.2) is 20.7 Å². The summed E-state index contributed by atoms with van der Waals surface area (Å²) >= 11 is 4.07. The number of halogens is 1. The first-order chi connectivity index (χ1) is 8.58. The van der Waals surface area contributed by atoms with Crippen molar-refractivity contribution in [1.29, 1.82) is 0 Å². The van der Waals surface area contributed by atoms with E-state index >= 15 is 0 Å². The lowest BCUT2D eigenvalue weighted by atomic mass is 10.2. The maximum atomic E-state index is 13.4. The number of hydrogen-bond donors (Lipinski definition) is 2. The molecule has 1 amide bonds. The number of carbonyl (C=O) groups excluding carboxylic acids is 1. The molecule has 0 radical (unpaired) electrons. The van der Waals surface area contributed by atoms with Crippen molar-refractivity contribution in [3.8, 4) is 0 Å². The van der Waals surface area contributed by atoms with Crippen molar-refractivity contribution in [2.24, 2.45) is 7.05 Å². The largest absolute Gasteiger partial charge is 0.345 e. The minimum atomic E-state index is -0.580. The van der Waals surface area contributed by atoms with Crippen molar-refractivity contribution in [3.63, 3.8) is 0 Å². The van der Waals surface area contributed by atoms with Gasteiger partial charge in [0.25, 0.3) is 5.91 Å². The highest BCUT2D eigenvalue weighted by atomic mass is 32.1. The Balaban J connectivity index is 2.08. The summed E-state index contributed by atoms with van der Waals surface area (Å²) < 4.78 is 15.1. The van der Waals surface area contributed by atoms with Gasteiger partial charge in [0.1, 0.15) is 12.1 Å². The van der Waals surface area contributed by atoms with Crippen molar-refractivity contribution < 1.29 is 9.18 Å². The van der Waals surface area contributed by atoms with Gasteiger partial charge < -0.3 is 9.88 Å². The molecule has 5 nitrogen and oxygen atoms in total. The Labute approximate surface area is 108 Å². The fourth-order valence-corrected chi connectivity index (χ4v) is 1.61. The summed E-state index contributed by atoms with van der Waals surface area (Å²) in [4.78, 5) is 12.3. The average molecular weight is 266 g/mol. The highest BCUT2D eigenvalue weighted by molar-refractivity contribution is 7.80. The van der Waals surface area contributed by atoms with Gasteiger partial charge in [-0.25, -0.2) is 4.39 Å². The summed E-state index contributed by atoms with van der Waals surface area (Å²) in [6.45, 7) is 0.186.